The Bertz CT molecular complexity index is 1260. The molecule has 0 radical (unpaired) electrons. The maximum atomic E-state index is 13.1. The van der Waals surface area contributed by atoms with Crippen LogP contribution in [0.15, 0.2) is 23.1 Å². The molecule has 1 aliphatic carbocycles. The molecular weight excluding hydrogens is 462 g/mol. The fourth-order valence-corrected chi connectivity index (χ4v) is 7.04. The summed E-state index contributed by atoms with van der Waals surface area (Å²) < 4.78 is 29.4. The molecule has 1 aromatic carbocycles. The Morgan fingerprint density at radius 3 is 2.51 bits per heavy atom. The standard InChI is InChI=1S/C26H35N5O3S/c1-5-30(6-2)35(33,34)22-11-12-24-20(15-22)13-14-29(24)17-25(32)28-26-23(16-27)18(3)19(4)31(26)21-9-7-8-10-21/h11-12,15,21H,5-10,13-14,17H2,1-4H3,(H,28,32). The summed E-state index contributed by atoms with van der Waals surface area (Å²) in [6, 6.07) is 7.79. The number of hydrogen-bond donors (Lipinski definition) is 1. The minimum absolute atomic E-state index is 0.147. The average molecular weight is 498 g/mol. The Balaban J connectivity index is 1.54. The maximum absolute atomic E-state index is 13.1. The van der Waals surface area contributed by atoms with Crippen LogP contribution in [0.4, 0.5) is 11.5 Å². The lowest BCUT2D eigenvalue weighted by molar-refractivity contribution is -0.115. The SMILES string of the molecule is CCN(CC)S(=O)(=O)c1ccc2c(c1)CCN2CC(=O)Nc1c(C#N)c(C)c(C)n1C1CCCC1. The Morgan fingerprint density at radius 2 is 1.89 bits per heavy atom. The van der Waals surface area contributed by atoms with Crippen LogP contribution in [0.2, 0.25) is 0 Å². The highest BCUT2D eigenvalue weighted by Crippen LogP contribution is 2.38. The van der Waals surface area contributed by atoms with Crippen LogP contribution in [0, 0.1) is 25.2 Å². The molecule has 1 amide bonds. The van der Waals surface area contributed by atoms with E-state index in [1.54, 1.807) is 12.1 Å². The molecule has 188 valence electrons. The average Bonchev–Trinajstić information content (AvgIpc) is 3.54. The number of aromatic nitrogens is 1. The molecule has 0 spiro atoms. The number of hydrogen-bond acceptors (Lipinski definition) is 5. The zero-order valence-corrected chi connectivity index (χ0v) is 21.9. The quantitative estimate of drug-likeness (QED) is 0.591. The summed E-state index contributed by atoms with van der Waals surface area (Å²) in [4.78, 5) is 15.4. The number of sulfonamides is 1. The lowest BCUT2D eigenvalue weighted by atomic mass is 10.2. The Labute approximate surface area is 208 Å². The largest absolute Gasteiger partial charge is 0.362 e. The third kappa shape index (κ3) is 4.57. The summed E-state index contributed by atoms with van der Waals surface area (Å²) in [7, 11) is -3.52. The molecule has 1 aromatic heterocycles. The second kappa shape index (κ2) is 10.0. The number of carbonyl (C=O) groups is 1. The zero-order chi connectivity index (χ0) is 25.3. The fraction of sp³-hybridized carbons (Fsp3) is 0.538. The Kier molecular flexibility index (Phi) is 7.25. The van der Waals surface area contributed by atoms with Crippen LogP contribution in [-0.2, 0) is 21.2 Å². The summed E-state index contributed by atoms with van der Waals surface area (Å²) in [5.41, 5.74) is 4.32. The topological polar surface area (TPSA) is 98.4 Å². The van der Waals surface area contributed by atoms with Gasteiger partial charge in [-0.15, -0.1) is 0 Å². The van der Waals surface area contributed by atoms with Crippen molar-refractivity contribution in [3.63, 3.8) is 0 Å². The van der Waals surface area contributed by atoms with Crippen LogP contribution in [0.5, 0.6) is 0 Å². The van der Waals surface area contributed by atoms with Crippen molar-refractivity contribution in [1.82, 2.24) is 8.87 Å². The number of amides is 1. The molecule has 1 aliphatic heterocycles. The minimum atomic E-state index is -3.52. The molecule has 1 N–H and O–H groups in total. The van der Waals surface area contributed by atoms with Gasteiger partial charge in [0.2, 0.25) is 15.9 Å². The monoisotopic (exact) mass is 497 g/mol. The smallest absolute Gasteiger partial charge is 0.245 e. The van der Waals surface area contributed by atoms with E-state index >= 15 is 0 Å². The van der Waals surface area contributed by atoms with E-state index in [4.69, 9.17) is 0 Å². The van der Waals surface area contributed by atoms with Crippen molar-refractivity contribution in [2.75, 3.05) is 36.4 Å². The third-order valence-corrected chi connectivity index (χ3v) is 9.58. The second-order valence-electron chi connectivity index (χ2n) is 9.45. The number of nitrogens with one attached hydrogen (secondary N) is 1. The van der Waals surface area contributed by atoms with Gasteiger partial charge in [-0.2, -0.15) is 9.57 Å². The highest BCUT2D eigenvalue weighted by molar-refractivity contribution is 7.89. The first kappa shape index (κ1) is 25.3. The first-order chi connectivity index (χ1) is 16.7. The van der Waals surface area contributed by atoms with Gasteiger partial charge in [0, 0.05) is 37.1 Å². The highest BCUT2D eigenvalue weighted by Gasteiger charge is 2.29. The molecule has 2 heterocycles. The third-order valence-electron chi connectivity index (χ3n) is 7.54. The lowest BCUT2D eigenvalue weighted by Crippen LogP contribution is -2.33. The molecule has 0 saturated heterocycles. The van der Waals surface area contributed by atoms with Gasteiger partial charge in [-0.05, 0) is 62.4 Å². The number of anilines is 2. The summed E-state index contributed by atoms with van der Waals surface area (Å²) in [6.07, 6.45) is 5.12. The molecule has 2 aliphatic rings. The number of benzene rings is 1. The van der Waals surface area contributed by atoms with E-state index in [1.807, 2.05) is 38.7 Å². The predicted octanol–water partition coefficient (Wildman–Crippen LogP) is 4.12. The van der Waals surface area contributed by atoms with Crippen LogP contribution in [0.3, 0.4) is 0 Å². The summed E-state index contributed by atoms with van der Waals surface area (Å²) in [5.74, 6) is 0.436. The Morgan fingerprint density at radius 1 is 1.20 bits per heavy atom. The van der Waals surface area contributed by atoms with E-state index in [-0.39, 0.29) is 12.5 Å². The van der Waals surface area contributed by atoms with Gasteiger partial charge in [0.05, 0.1) is 17.0 Å². The van der Waals surface area contributed by atoms with Crippen molar-refractivity contribution in [2.45, 2.75) is 70.7 Å². The molecule has 9 heteroatoms. The van der Waals surface area contributed by atoms with E-state index in [0.29, 0.717) is 48.4 Å². The number of fused-ring (bicyclic) bond motifs is 1. The van der Waals surface area contributed by atoms with E-state index in [0.717, 1.165) is 48.2 Å². The zero-order valence-electron chi connectivity index (χ0n) is 21.1. The Hall–Kier alpha value is -2.83. The molecule has 4 rings (SSSR count). The van der Waals surface area contributed by atoms with Crippen molar-refractivity contribution in [2.24, 2.45) is 0 Å². The molecule has 0 bridgehead atoms. The second-order valence-corrected chi connectivity index (χ2v) is 11.4. The van der Waals surface area contributed by atoms with Crippen LogP contribution < -0.4 is 10.2 Å². The summed E-state index contributed by atoms with van der Waals surface area (Å²) in [6.45, 7) is 9.26. The van der Waals surface area contributed by atoms with E-state index in [1.165, 1.54) is 4.31 Å². The molecule has 1 saturated carbocycles. The van der Waals surface area contributed by atoms with Gasteiger partial charge < -0.3 is 14.8 Å². The van der Waals surface area contributed by atoms with Crippen molar-refractivity contribution in [1.29, 1.82) is 5.26 Å². The van der Waals surface area contributed by atoms with Gasteiger partial charge in [0.25, 0.3) is 0 Å². The predicted molar refractivity (Wildman–Crippen MR) is 137 cm³/mol. The van der Waals surface area contributed by atoms with E-state index < -0.39 is 10.0 Å². The van der Waals surface area contributed by atoms with Crippen molar-refractivity contribution in [3.05, 3.63) is 40.6 Å². The van der Waals surface area contributed by atoms with Crippen LogP contribution in [0.1, 0.15) is 68.0 Å². The molecular formula is C26H35N5O3S. The molecule has 2 aromatic rings. The van der Waals surface area contributed by atoms with Gasteiger partial charge in [0.15, 0.2) is 0 Å². The maximum Gasteiger partial charge on any atom is 0.245 e. The van der Waals surface area contributed by atoms with Gasteiger partial charge in [-0.3, -0.25) is 4.79 Å². The van der Waals surface area contributed by atoms with Crippen molar-refractivity contribution < 1.29 is 13.2 Å². The highest BCUT2D eigenvalue weighted by atomic mass is 32.2. The first-order valence-electron chi connectivity index (χ1n) is 12.5. The van der Waals surface area contributed by atoms with Crippen molar-refractivity contribution in [3.8, 4) is 6.07 Å². The number of nitriles is 1. The molecule has 8 nitrogen and oxygen atoms in total. The summed E-state index contributed by atoms with van der Waals surface area (Å²) in [5, 5.41) is 12.8. The summed E-state index contributed by atoms with van der Waals surface area (Å²) >= 11 is 0. The molecule has 0 unspecified atom stereocenters. The number of rotatable bonds is 8. The van der Waals surface area contributed by atoms with Crippen LogP contribution in [-0.4, -0.2) is 49.4 Å². The molecule has 35 heavy (non-hydrogen) atoms. The van der Waals surface area contributed by atoms with Gasteiger partial charge in [-0.25, -0.2) is 8.42 Å². The molecule has 1 fully saturated rings. The number of carbonyl (C=O) groups excluding carboxylic acids is 1. The van der Waals surface area contributed by atoms with E-state index in [9.17, 15) is 18.5 Å². The fourth-order valence-electron chi connectivity index (χ4n) is 5.53. The van der Waals surface area contributed by atoms with E-state index in [2.05, 4.69) is 16.0 Å². The van der Waals surface area contributed by atoms with Gasteiger partial charge in [0.1, 0.15) is 11.9 Å². The van der Waals surface area contributed by atoms with Crippen molar-refractivity contribution >= 4 is 27.4 Å². The van der Waals surface area contributed by atoms with Crippen LogP contribution >= 0.6 is 0 Å². The lowest BCUT2D eigenvalue weighted by Gasteiger charge is -2.22. The van der Waals surface area contributed by atoms with Gasteiger partial charge in [-0.1, -0.05) is 26.7 Å². The first-order valence-corrected chi connectivity index (χ1v) is 14.0. The van der Waals surface area contributed by atoms with Crippen LogP contribution in [0.25, 0.3) is 0 Å². The van der Waals surface area contributed by atoms with Gasteiger partial charge >= 0.3 is 0 Å². The minimum Gasteiger partial charge on any atom is -0.362 e. The normalized spacial score (nSPS) is 16.1. The molecule has 0 atom stereocenters. The number of nitrogens with zero attached hydrogens (tertiary/aromatic N) is 4.